The normalized spacial score (nSPS) is 10.3. The van der Waals surface area contributed by atoms with E-state index in [-0.39, 0.29) is 12.3 Å². The van der Waals surface area contributed by atoms with Crippen LogP contribution in [0.4, 0.5) is 5.69 Å². The lowest BCUT2D eigenvalue weighted by Crippen LogP contribution is -2.01. The molecule has 2 aromatic carbocycles. The Labute approximate surface area is 125 Å². The summed E-state index contributed by atoms with van der Waals surface area (Å²) < 4.78 is 6.33. The van der Waals surface area contributed by atoms with Gasteiger partial charge in [0.1, 0.15) is 12.4 Å². The number of nitro benzene ring substituents is 1. The first-order valence-electron chi connectivity index (χ1n) is 6.24. The molecule has 0 aliphatic carbocycles. The zero-order valence-corrected chi connectivity index (χ0v) is 12.6. The summed E-state index contributed by atoms with van der Waals surface area (Å²) in [5.74, 6) is 0.724. The van der Waals surface area contributed by atoms with Crippen molar-refractivity contribution >= 4 is 21.6 Å². The second-order valence-electron chi connectivity index (χ2n) is 4.32. The highest BCUT2D eigenvalue weighted by Gasteiger charge is 2.14. The summed E-state index contributed by atoms with van der Waals surface area (Å²) in [6.07, 6.45) is 0.926. The zero-order valence-electron chi connectivity index (χ0n) is 11.0. The first-order valence-corrected chi connectivity index (χ1v) is 7.04. The molecule has 5 heteroatoms. The van der Waals surface area contributed by atoms with Crippen LogP contribution in [0.15, 0.2) is 46.9 Å². The van der Waals surface area contributed by atoms with Gasteiger partial charge in [0.05, 0.1) is 10.5 Å². The van der Waals surface area contributed by atoms with Gasteiger partial charge in [-0.2, -0.15) is 0 Å². The molecule has 0 spiro atoms. The molecule has 0 saturated heterocycles. The van der Waals surface area contributed by atoms with Gasteiger partial charge in [0.15, 0.2) is 0 Å². The molecule has 0 heterocycles. The van der Waals surface area contributed by atoms with E-state index >= 15 is 0 Å². The predicted octanol–water partition coefficient (Wildman–Crippen LogP) is 4.50. The number of nitrogens with zero attached hydrogens (tertiary/aromatic N) is 1. The summed E-state index contributed by atoms with van der Waals surface area (Å²) >= 11 is 3.23. The van der Waals surface area contributed by atoms with Gasteiger partial charge in [-0.05, 0) is 36.2 Å². The monoisotopic (exact) mass is 335 g/mol. The Kier molecular flexibility index (Phi) is 4.74. The SMILES string of the molecule is CCc1cccc(OCc2ccc(Br)cc2[N+](=O)[O-])c1. The van der Waals surface area contributed by atoms with Crippen LogP contribution >= 0.6 is 15.9 Å². The maximum Gasteiger partial charge on any atom is 0.277 e. The summed E-state index contributed by atoms with van der Waals surface area (Å²) in [5, 5.41) is 11.0. The van der Waals surface area contributed by atoms with Crippen LogP contribution in [0, 0.1) is 10.1 Å². The van der Waals surface area contributed by atoms with Crippen molar-refractivity contribution in [3.63, 3.8) is 0 Å². The fourth-order valence-electron chi connectivity index (χ4n) is 1.85. The van der Waals surface area contributed by atoms with Crippen molar-refractivity contribution in [1.29, 1.82) is 0 Å². The van der Waals surface area contributed by atoms with Crippen LogP contribution in [0.1, 0.15) is 18.1 Å². The minimum Gasteiger partial charge on any atom is -0.489 e. The van der Waals surface area contributed by atoms with Crippen LogP contribution in [0.5, 0.6) is 5.75 Å². The lowest BCUT2D eigenvalue weighted by atomic mass is 10.1. The molecule has 0 N–H and O–H groups in total. The Balaban J connectivity index is 2.16. The molecule has 20 heavy (non-hydrogen) atoms. The summed E-state index contributed by atoms with van der Waals surface area (Å²) in [7, 11) is 0. The van der Waals surface area contributed by atoms with Crippen LogP contribution in [0.2, 0.25) is 0 Å². The van der Waals surface area contributed by atoms with Gasteiger partial charge in [-0.1, -0.05) is 35.0 Å². The van der Waals surface area contributed by atoms with Crippen LogP contribution < -0.4 is 4.74 Å². The third kappa shape index (κ3) is 3.57. The molecule has 0 bridgehead atoms. The highest BCUT2D eigenvalue weighted by molar-refractivity contribution is 9.10. The Morgan fingerprint density at radius 1 is 1.25 bits per heavy atom. The van der Waals surface area contributed by atoms with E-state index in [0.29, 0.717) is 10.0 Å². The lowest BCUT2D eigenvalue weighted by molar-refractivity contribution is -0.385. The average molecular weight is 336 g/mol. The molecule has 0 atom stereocenters. The lowest BCUT2D eigenvalue weighted by Gasteiger charge is -2.08. The fourth-order valence-corrected chi connectivity index (χ4v) is 2.19. The van der Waals surface area contributed by atoms with Gasteiger partial charge in [-0.15, -0.1) is 0 Å². The fraction of sp³-hybridized carbons (Fsp3) is 0.200. The predicted molar refractivity (Wildman–Crippen MR) is 80.9 cm³/mol. The molecule has 4 nitrogen and oxygen atoms in total. The number of halogens is 1. The van der Waals surface area contributed by atoms with E-state index in [1.165, 1.54) is 11.6 Å². The van der Waals surface area contributed by atoms with Crippen molar-refractivity contribution in [2.45, 2.75) is 20.0 Å². The summed E-state index contributed by atoms with van der Waals surface area (Å²) in [5.41, 5.74) is 1.79. The number of hydrogen-bond acceptors (Lipinski definition) is 3. The van der Waals surface area contributed by atoms with Crippen molar-refractivity contribution in [3.8, 4) is 5.75 Å². The highest BCUT2D eigenvalue weighted by Crippen LogP contribution is 2.25. The van der Waals surface area contributed by atoms with Crippen LogP contribution in [-0.2, 0) is 13.0 Å². The van der Waals surface area contributed by atoms with E-state index in [2.05, 4.69) is 22.9 Å². The smallest absolute Gasteiger partial charge is 0.277 e. The molecule has 0 unspecified atom stereocenters. The minimum absolute atomic E-state index is 0.0611. The molecular formula is C15H14BrNO3. The number of nitro groups is 1. The molecule has 0 amide bonds. The van der Waals surface area contributed by atoms with Crippen molar-refractivity contribution in [3.05, 3.63) is 68.2 Å². The van der Waals surface area contributed by atoms with Crippen LogP contribution in [0.3, 0.4) is 0 Å². The number of hydrogen-bond donors (Lipinski definition) is 0. The quantitative estimate of drug-likeness (QED) is 0.597. The van der Waals surface area contributed by atoms with Crippen LogP contribution in [-0.4, -0.2) is 4.92 Å². The van der Waals surface area contributed by atoms with Gasteiger partial charge in [-0.3, -0.25) is 10.1 Å². The molecular weight excluding hydrogens is 322 g/mol. The second kappa shape index (κ2) is 6.52. The Hall–Kier alpha value is -1.88. The Morgan fingerprint density at radius 3 is 2.75 bits per heavy atom. The van der Waals surface area contributed by atoms with Gasteiger partial charge in [0, 0.05) is 10.5 Å². The first kappa shape index (κ1) is 14.5. The summed E-state index contributed by atoms with van der Waals surface area (Å²) in [4.78, 5) is 10.6. The number of ether oxygens (including phenoxy) is 1. The van der Waals surface area contributed by atoms with E-state index < -0.39 is 4.92 Å². The van der Waals surface area contributed by atoms with E-state index in [9.17, 15) is 10.1 Å². The summed E-state index contributed by atoms with van der Waals surface area (Å²) in [6, 6.07) is 12.7. The maximum absolute atomic E-state index is 11.0. The van der Waals surface area contributed by atoms with Crippen molar-refractivity contribution in [1.82, 2.24) is 0 Å². The summed E-state index contributed by atoms with van der Waals surface area (Å²) in [6.45, 7) is 2.25. The molecule has 0 radical (unpaired) electrons. The second-order valence-corrected chi connectivity index (χ2v) is 5.24. The third-order valence-electron chi connectivity index (χ3n) is 2.95. The number of rotatable bonds is 5. The molecule has 104 valence electrons. The molecule has 0 aliphatic heterocycles. The minimum atomic E-state index is -0.397. The molecule has 0 saturated carbocycles. The number of benzene rings is 2. The molecule has 2 aromatic rings. The maximum atomic E-state index is 11.0. The molecule has 2 rings (SSSR count). The largest absolute Gasteiger partial charge is 0.489 e. The van der Waals surface area contributed by atoms with Gasteiger partial charge in [0.25, 0.3) is 5.69 Å². The molecule has 0 aliphatic rings. The average Bonchev–Trinajstić information content (AvgIpc) is 2.46. The van der Waals surface area contributed by atoms with Crippen molar-refractivity contribution in [2.75, 3.05) is 0 Å². The van der Waals surface area contributed by atoms with E-state index in [0.717, 1.165) is 12.2 Å². The zero-order chi connectivity index (χ0) is 14.5. The Bertz CT molecular complexity index is 628. The third-order valence-corrected chi connectivity index (χ3v) is 3.44. The van der Waals surface area contributed by atoms with E-state index in [4.69, 9.17) is 4.74 Å². The van der Waals surface area contributed by atoms with Gasteiger partial charge < -0.3 is 4.74 Å². The topological polar surface area (TPSA) is 52.4 Å². The highest BCUT2D eigenvalue weighted by atomic mass is 79.9. The van der Waals surface area contributed by atoms with Crippen LogP contribution in [0.25, 0.3) is 0 Å². The standard InChI is InChI=1S/C15H14BrNO3/c1-2-11-4-3-5-14(8-11)20-10-12-6-7-13(16)9-15(12)17(18)19/h3-9H,2,10H2,1H3. The van der Waals surface area contributed by atoms with Crippen molar-refractivity contribution in [2.24, 2.45) is 0 Å². The molecule has 0 aromatic heterocycles. The van der Waals surface area contributed by atoms with Gasteiger partial charge in [-0.25, -0.2) is 0 Å². The van der Waals surface area contributed by atoms with E-state index in [1.807, 2.05) is 24.3 Å². The van der Waals surface area contributed by atoms with Crippen molar-refractivity contribution < 1.29 is 9.66 Å². The Morgan fingerprint density at radius 2 is 2.05 bits per heavy atom. The van der Waals surface area contributed by atoms with E-state index in [1.54, 1.807) is 12.1 Å². The van der Waals surface area contributed by atoms with Gasteiger partial charge >= 0.3 is 0 Å². The van der Waals surface area contributed by atoms with Gasteiger partial charge in [0.2, 0.25) is 0 Å². The number of aryl methyl sites for hydroxylation is 1. The first-order chi connectivity index (χ1) is 9.60. The molecule has 0 fully saturated rings.